The molecular weight excluding hydrogens is 369 g/mol. The van der Waals surface area contributed by atoms with Crippen LogP contribution in [0.25, 0.3) is 0 Å². The van der Waals surface area contributed by atoms with Gasteiger partial charge in [0.2, 0.25) is 11.8 Å². The van der Waals surface area contributed by atoms with E-state index in [1.54, 1.807) is 13.0 Å². The van der Waals surface area contributed by atoms with Gasteiger partial charge in [-0.15, -0.1) is 10.2 Å². The molecule has 3 N–H and O–H groups in total. The molecule has 27 heavy (non-hydrogen) atoms. The van der Waals surface area contributed by atoms with Gasteiger partial charge in [-0.3, -0.25) is 9.59 Å². The number of halogens is 1. The van der Waals surface area contributed by atoms with Crippen LogP contribution >= 0.6 is 11.8 Å². The number of carbonyl (C=O) groups is 2. The number of nitrogens with zero attached hydrogens (tertiary/aromatic N) is 3. The van der Waals surface area contributed by atoms with Gasteiger partial charge in [-0.25, -0.2) is 4.39 Å². The fraction of sp³-hybridized carbons (Fsp3) is 0.444. The third-order valence-electron chi connectivity index (χ3n) is 3.68. The fourth-order valence-electron chi connectivity index (χ4n) is 2.40. The van der Waals surface area contributed by atoms with E-state index in [9.17, 15) is 14.0 Å². The van der Waals surface area contributed by atoms with Crippen molar-refractivity contribution < 1.29 is 14.0 Å². The number of primary amides is 1. The molecule has 1 atom stereocenters. The van der Waals surface area contributed by atoms with Gasteiger partial charge >= 0.3 is 0 Å². The standard InChI is InChI=1S/C18H24FN5O2S/c1-11(2)10-24-16(8-7-15(20)25)22-23-18(24)27-12(3)17(26)21-14-6-4-5-13(19)9-14/h4-6,9,11-12H,7-8,10H2,1-3H3,(H2,20,25)(H,21,26)/t12-/m0/s1. The maximum atomic E-state index is 13.3. The van der Waals surface area contributed by atoms with Crippen LogP contribution in [0.15, 0.2) is 29.4 Å². The summed E-state index contributed by atoms with van der Waals surface area (Å²) in [7, 11) is 0. The van der Waals surface area contributed by atoms with E-state index in [4.69, 9.17) is 5.73 Å². The van der Waals surface area contributed by atoms with Crippen LogP contribution in [0.1, 0.15) is 33.0 Å². The van der Waals surface area contributed by atoms with Crippen LogP contribution in [-0.4, -0.2) is 31.8 Å². The second-order valence-corrected chi connectivity index (χ2v) is 7.94. The zero-order valence-electron chi connectivity index (χ0n) is 15.6. The van der Waals surface area contributed by atoms with Crippen LogP contribution in [0.2, 0.25) is 0 Å². The number of carbonyl (C=O) groups excluding carboxylic acids is 2. The summed E-state index contributed by atoms with van der Waals surface area (Å²) in [6.07, 6.45) is 0.593. The Morgan fingerprint density at radius 2 is 2.04 bits per heavy atom. The average molecular weight is 393 g/mol. The fourth-order valence-corrected chi connectivity index (χ4v) is 3.27. The number of amides is 2. The summed E-state index contributed by atoms with van der Waals surface area (Å²) >= 11 is 1.27. The molecule has 2 amide bonds. The Morgan fingerprint density at radius 3 is 2.67 bits per heavy atom. The van der Waals surface area contributed by atoms with E-state index in [0.717, 1.165) is 0 Å². The van der Waals surface area contributed by atoms with E-state index in [-0.39, 0.29) is 12.3 Å². The number of hydrogen-bond acceptors (Lipinski definition) is 5. The van der Waals surface area contributed by atoms with Crippen molar-refractivity contribution >= 4 is 29.3 Å². The van der Waals surface area contributed by atoms with Crippen molar-refractivity contribution in [3.05, 3.63) is 35.9 Å². The molecule has 0 spiro atoms. The zero-order chi connectivity index (χ0) is 20.0. The second kappa shape index (κ2) is 9.50. The van der Waals surface area contributed by atoms with Crippen LogP contribution in [-0.2, 0) is 22.6 Å². The molecule has 1 aromatic heterocycles. The Morgan fingerprint density at radius 1 is 1.30 bits per heavy atom. The quantitative estimate of drug-likeness (QED) is 0.638. The maximum absolute atomic E-state index is 13.3. The van der Waals surface area contributed by atoms with Crippen LogP contribution < -0.4 is 11.1 Å². The molecular formula is C18H24FN5O2S. The molecule has 0 aliphatic rings. The molecule has 7 nitrogen and oxygen atoms in total. The summed E-state index contributed by atoms with van der Waals surface area (Å²) in [5.41, 5.74) is 5.62. The van der Waals surface area contributed by atoms with Crippen molar-refractivity contribution in [3.8, 4) is 0 Å². The average Bonchev–Trinajstić information content (AvgIpc) is 2.94. The number of hydrogen-bond donors (Lipinski definition) is 2. The van der Waals surface area contributed by atoms with Gasteiger partial charge in [-0.2, -0.15) is 0 Å². The Balaban J connectivity index is 2.09. The van der Waals surface area contributed by atoms with Gasteiger partial charge in [0, 0.05) is 25.1 Å². The van der Waals surface area contributed by atoms with E-state index in [0.29, 0.717) is 35.6 Å². The first-order chi connectivity index (χ1) is 12.8. The Kier molecular flexibility index (Phi) is 7.35. The topological polar surface area (TPSA) is 103 Å². The van der Waals surface area contributed by atoms with Gasteiger partial charge in [-0.05, 0) is 31.0 Å². The Hall–Kier alpha value is -2.42. The number of nitrogens with one attached hydrogen (secondary N) is 1. The molecule has 0 unspecified atom stereocenters. The second-order valence-electron chi connectivity index (χ2n) is 6.63. The Labute approximate surface area is 161 Å². The molecule has 2 rings (SSSR count). The van der Waals surface area contributed by atoms with E-state index < -0.39 is 17.0 Å². The molecule has 0 fully saturated rings. The summed E-state index contributed by atoms with van der Waals surface area (Å²) in [6.45, 7) is 6.54. The third kappa shape index (κ3) is 6.35. The molecule has 0 aliphatic carbocycles. The molecule has 1 aromatic carbocycles. The number of anilines is 1. The smallest absolute Gasteiger partial charge is 0.237 e. The Bertz CT molecular complexity index is 809. The normalized spacial score (nSPS) is 12.2. The third-order valence-corrected chi connectivity index (χ3v) is 4.76. The lowest BCUT2D eigenvalue weighted by atomic mass is 10.2. The highest BCUT2D eigenvalue weighted by Crippen LogP contribution is 2.25. The number of benzene rings is 1. The first kappa shape index (κ1) is 20.9. The van der Waals surface area contributed by atoms with Crippen LogP contribution in [0.5, 0.6) is 0 Å². The van der Waals surface area contributed by atoms with Crippen molar-refractivity contribution in [3.63, 3.8) is 0 Å². The number of rotatable bonds is 9. The number of thioether (sulfide) groups is 1. The highest BCUT2D eigenvalue weighted by molar-refractivity contribution is 8.00. The summed E-state index contributed by atoms with van der Waals surface area (Å²) in [4.78, 5) is 23.5. The SMILES string of the molecule is CC(C)Cn1c(CCC(N)=O)nnc1S[C@@H](C)C(=O)Nc1cccc(F)c1. The highest BCUT2D eigenvalue weighted by atomic mass is 32.2. The summed E-state index contributed by atoms with van der Waals surface area (Å²) in [5, 5.41) is 11.2. The monoisotopic (exact) mass is 393 g/mol. The predicted molar refractivity (Wildman–Crippen MR) is 103 cm³/mol. The van der Waals surface area contributed by atoms with Gasteiger partial charge in [0.15, 0.2) is 5.16 Å². The molecule has 2 aromatic rings. The summed E-state index contributed by atoms with van der Waals surface area (Å²) in [6, 6.07) is 5.74. The lowest BCUT2D eigenvalue weighted by molar-refractivity contribution is -0.118. The number of aryl methyl sites for hydroxylation is 1. The van der Waals surface area contributed by atoms with E-state index in [1.165, 1.54) is 30.0 Å². The minimum absolute atomic E-state index is 0.191. The molecule has 0 saturated heterocycles. The van der Waals surface area contributed by atoms with E-state index in [1.807, 2.05) is 4.57 Å². The summed E-state index contributed by atoms with van der Waals surface area (Å²) < 4.78 is 15.2. The first-order valence-electron chi connectivity index (χ1n) is 8.69. The van der Waals surface area contributed by atoms with Crippen LogP contribution in [0, 0.1) is 11.7 Å². The lowest BCUT2D eigenvalue weighted by Gasteiger charge is -2.15. The van der Waals surface area contributed by atoms with E-state index >= 15 is 0 Å². The molecule has 0 aliphatic heterocycles. The molecule has 0 radical (unpaired) electrons. The minimum Gasteiger partial charge on any atom is -0.370 e. The molecule has 0 saturated carbocycles. The largest absolute Gasteiger partial charge is 0.370 e. The molecule has 146 valence electrons. The van der Waals surface area contributed by atoms with Crippen LogP contribution in [0.3, 0.4) is 0 Å². The van der Waals surface area contributed by atoms with Crippen molar-refractivity contribution in [2.75, 3.05) is 5.32 Å². The highest BCUT2D eigenvalue weighted by Gasteiger charge is 2.21. The molecule has 0 bridgehead atoms. The predicted octanol–water partition coefficient (Wildman–Crippen LogP) is 2.61. The van der Waals surface area contributed by atoms with Gasteiger partial charge < -0.3 is 15.6 Å². The van der Waals surface area contributed by atoms with Crippen molar-refractivity contribution in [2.24, 2.45) is 11.7 Å². The number of aromatic nitrogens is 3. The lowest BCUT2D eigenvalue weighted by Crippen LogP contribution is -2.23. The van der Waals surface area contributed by atoms with Gasteiger partial charge in [-0.1, -0.05) is 31.7 Å². The van der Waals surface area contributed by atoms with Gasteiger partial charge in [0.1, 0.15) is 11.6 Å². The molecule has 1 heterocycles. The van der Waals surface area contributed by atoms with Crippen molar-refractivity contribution in [1.82, 2.24) is 14.8 Å². The van der Waals surface area contributed by atoms with Crippen molar-refractivity contribution in [1.29, 1.82) is 0 Å². The minimum atomic E-state index is -0.465. The molecule has 9 heteroatoms. The zero-order valence-corrected chi connectivity index (χ0v) is 16.4. The first-order valence-corrected chi connectivity index (χ1v) is 9.57. The summed E-state index contributed by atoms with van der Waals surface area (Å²) in [5.74, 6) is -0.0646. The number of nitrogens with two attached hydrogens (primary N) is 1. The van der Waals surface area contributed by atoms with Gasteiger partial charge in [0.05, 0.1) is 5.25 Å². The van der Waals surface area contributed by atoms with Gasteiger partial charge in [0.25, 0.3) is 0 Å². The maximum Gasteiger partial charge on any atom is 0.237 e. The van der Waals surface area contributed by atoms with Crippen molar-refractivity contribution in [2.45, 2.75) is 50.6 Å². The van der Waals surface area contributed by atoms with Crippen LogP contribution in [0.4, 0.5) is 10.1 Å². The van der Waals surface area contributed by atoms with E-state index in [2.05, 4.69) is 29.4 Å².